The second-order valence-electron chi connectivity index (χ2n) is 7.14. The second kappa shape index (κ2) is 6.64. The van der Waals surface area contributed by atoms with Gasteiger partial charge < -0.3 is 14.4 Å². The van der Waals surface area contributed by atoms with E-state index in [1.54, 1.807) is 19.1 Å². The number of esters is 1. The van der Waals surface area contributed by atoms with Gasteiger partial charge in [0.05, 0.1) is 17.9 Å². The van der Waals surface area contributed by atoms with Crippen molar-refractivity contribution in [2.75, 3.05) is 47.5 Å². The van der Waals surface area contributed by atoms with Crippen molar-refractivity contribution in [2.24, 2.45) is 5.41 Å². The molecule has 8 heteroatoms. The normalized spacial score (nSPS) is 23.5. The van der Waals surface area contributed by atoms with Crippen LogP contribution in [-0.4, -0.2) is 55.9 Å². The number of rotatable bonds is 5. The molecule has 6 nitrogen and oxygen atoms in total. The van der Waals surface area contributed by atoms with E-state index in [9.17, 15) is 14.0 Å². The molecule has 0 saturated carbocycles. The predicted octanol–water partition coefficient (Wildman–Crippen LogP) is 2.66. The van der Waals surface area contributed by atoms with Crippen molar-refractivity contribution < 1.29 is 23.5 Å². The van der Waals surface area contributed by atoms with Crippen LogP contribution in [0.15, 0.2) is 18.2 Å². The summed E-state index contributed by atoms with van der Waals surface area (Å²) < 4.78 is 24.8. The van der Waals surface area contributed by atoms with Crippen LogP contribution in [0.2, 0.25) is 0 Å². The third kappa shape index (κ3) is 3.11. The van der Waals surface area contributed by atoms with Gasteiger partial charge >= 0.3 is 12.1 Å². The number of carbonyl (C=O) groups is 2. The zero-order valence-electron chi connectivity index (χ0n) is 14.6. The highest BCUT2D eigenvalue weighted by Crippen LogP contribution is 2.47. The fourth-order valence-corrected chi connectivity index (χ4v) is 4.68. The molecule has 1 aromatic rings. The van der Waals surface area contributed by atoms with Crippen molar-refractivity contribution in [3.05, 3.63) is 24.0 Å². The minimum Gasteiger partial charge on any atom is -0.462 e. The van der Waals surface area contributed by atoms with E-state index in [-0.39, 0.29) is 31.4 Å². The van der Waals surface area contributed by atoms with Crippen LogP contribution in [0.4, 0.5) is 20.6 Å². The minimum atomic E-state index is -0.552. The number of carbonyl (C=O) groups excluding carboxylic acids is 2. The Morgan fingerprint density at radius 2 is 2.19 bits per heavy atom. The molecule has 0 unspecified atom stereocenters. The summed E-state index contributed by atoms with van der Waals surface area (Å²) in [7, 11) is 0. The summed E-state index contributed by atoms with van der Waals surface area (Å²) >= 11 is 1.94. The van der Waals surface area contributed by atoms with Gasteiger partial charge in [0, 0.05) is 36.4 Å². The number of hydrogen-bond acceptors (Lipinski definition) is 6. The van der Waals surface area contributed by atoms with E-state index in [2.05, 4.69) is 0 Å². The van der Waals surface area contributed by atoms with Crippen LogP contribution in [0, 0.1) is 11.2 Å². The topological polar surface area (TPSA) is 59.1 Å². The zero-order valence-corrected chi connectivity index (χ0v) is 15.4. The average molecular weight is 380 g/mol. The highest BCUT2D eigenvalue weighted by atomic mass is 32.2. The Kier molecular flexibility index (Phi) is 4.46. The van der Waals surface area contributed by atoms with E-state index in [0.29, 0.717) is 16.8 Å². The fourth-order valence-electron chi connectivity index (χ4n) is 3.53. The van der Waals surface area contributed by atoms with Gasteiger partial charge in [0.15, 0.2) is 6.10 Å². The van der Waals surface area contributed by atoms with Crippen molar-refractivity contribution in [3.8, 4) is 0 Å². The summed E-state index contributed by atoms with van der Waals surface area (Å²) in [6.45, 7) is 3.74. The van der Waals surface area contributed by atoms with E-state index in [0.717, 1.165) is 24.6 Å². The van der Waals surface area contributed by atoms with E-state index < -0.39 is 12.2 Å². The Balaban J connectivity index is 1.39. The van der Waals surface area contributed by atoms with Crippen LogP contribution in [0.5, 0.6) is 0 Å². The monoisotopic (exact) mass is 380 g/mol. The highest BCUT2D eigenvalue weighted by molar-refractivity contribution is 8.00. The molecular formula is C18H21FN2O4S. The molecule has 26 heavy (non-hydrogen) atoms. The number of hydrogen-bond donors (Lipinski definition) is 0. The smallest absolute Gasteiger partial charge is 0.414 e. The van der Waals surface area contributed by atoms with Gasteiger partial charge in [0.25, 0.3) is 0 Å². The van der Waals surface area contributed by atoms with Gasteiger partial charge in [-0.1, -0.05) is 6.92 Å². The van der Waals surface area contributed by atoms with Gasteiger partial charge in [0.1, 0.15) is 12.4 Å². The van der Waals surface area contributed by atoms with E-state index in [1.807, 2.05) is 16.7 Å². The Morgan fingerprint density at radius 1 is 1.42 bits per heavy atom. The predicted molar refractivity (Wildman–Crippen MR) is 97.2 cm³/mol. The molecule has 0 N–H and O–H groups in total. The Morgan fingerprint density at radius 3 is 2.81 bits per heavy atom. The van der Waals surface area contributed by atoms with Crippen molar-refractivity contribution in [1.29, 1.82) is 0 Å². The number of cyclic esters (lactones) is 1. The summed E-state index contributed by atoms with van der Waals surface area (Å²) in [5, 5.41) is 0. The molecular weight excluding hydrogens is 359 g/mol. The van der Waals surface area contributed by atoms with Gasteiger partial charge in [-0.15, -0.1) is 0 Å². The van der Waals surface area contributed by atoms with Gasteiger partial charge in [-0.05, 0) is 18.2 Å². The Hall–Kier alpha value is -1.96. The quantitative estimate of drug-likeness (QED) is 0.732. The number of nitrogens with zero attached hydrogens (tertiary/aromatic N) is 2. The first-order valence-electron chi connectivity index (χ1n) is 8.76. The molecule has 3 aliphatic rings. The molecule has 1 spiro atoms. The van der Waals surface area contributed by atoms with Crippen LogP contribution in [0.3, 0.4) is 0 Å². The van der Waals surface area contributed by atoms with Gasteiger partial charge in [0.2, 0.25) is 0 Å². The third-order valence-corrected chi connectivity index (χ3v) is 6.68. The molecule has 140 valence electrons. The molecule has 0 radical (unpaired) electrons. The van der Waals surface area contributed by atoms with Crippen LogP contribution in [0.1, 0.15) is 13.3 Å². The largest absolute Gasteiger partial charge is 0.462 e. The maximum atomic E-state index is 14.6. The standard InChI is InChI=1S/C18H21FN2O4S/c1-2-16(22)24-7-13-6-21(17(23)25-13)12-3-4-15(14(19)5-12)20-8-18(9-20)10-26-11-18/h3-5,13H,2,6-11H2,1H3/t13-/m1/s1. The summed E-state index contributed by atoms with van der Waals surface area (Å²) in [6, 6.07) is 4.83. The zero-order chi connectivity index (χ0) is 18.3. The second-order valence-corrected chi connectivity index (χ2v) is 8.12. The number of anilines is 2. The molecule has 3 heterocycles. The summed E-state index contributed by atoms with van der Waals surface area (Å²) in [5.41, 5.74) is 1.42. The van der Waals surface area contributed by atoms with Crippen molar-refractivity contribution in [1.82, 2.24) is 0 Å². The lowest BCUT2D eigenvalue weighted by Crippen LogP contribution is -2.63. The number of amides is 1. The number of benzene rings is 1. The van der Waals surface area contributed by atoms with E-state index in [1.165, 1.54) is 11.0 Å². The summed E-state index contributed by atoms with van der Waals surface area (Å²) in [4.78, 5) is 26.7. The van der Waals surface area contributed by atoms with Gasteiger partial charge in [-0.3, -0.25) is 9.69 Å². The fraction of sp³-hybridized carbons (Fsp3) is 0.556. The van der Waals surface area contributed by atoms with Crippen molar-refractivity contribution >= 4 is 35.2 Å². The van der Waals surface area contributed by atoms with Crippen LogP contribution in [0.25, 0.3) is 0 Å². The first-order valence-corrected chi connectivity index (χ1v) is 9.91. The number of thioether (sulfide) groups is 1. The maximum absolute atomic E-state index is 14.6. The molecule has 0 bridgehead atoms. The summed E-state index contributed by atoms with van der Waals surface area (Å²) in [5.74, 6) is 1.64. The SMILES string of the molecule is CCC(=O)OC[C@H]1CN(c2ccc(N3CC4(CSC4)C3)c(F)c2)C(=O)O1. The molecule has 1 aromatic carbocycles. The first-order chi connectivity index (χ1) is 12.5. The molecule has 0 aliphatic carbocycles. The van der Waals surface area contributed by atoms with Gasteiger partial charge in [-0.2, -0.15) is 11.8 Å². The van der Waals surface area contributed by atoms with Crippen LogP contribution in [-0.2, 0) is 14.3 Å². The van der Waals surface area contributed by atoms with E-state index in [4.69, 9.17) is 9.47 Å². The van der Waals surface area contributed by atoms with E-state index >= 15 is 0 Å². The third-order valence-electron chi connectivity index (χ3n) is 5.05. The maximum Gasteiger partial charge on any atom is 0.414 e. The van der Waals surface area contributed by atoms with Crippen molar-refractivity contribution in [3.63, 3.8) is 0 Å². The van der Waals surface area contributed by atoms with Crippen LogP contribution < -0.4 is 9.80 Å². The van der Waals surface area contributed by atoms with Crippen molar-refractivity contribution in [2.45, 2.75) is 19.4 Å². The summed E-state index contributed by atoms with van der Waals surface area (Å²) in [6.07, 6.45) is -0.816. The first kappa shape index (κ1) is 17.5. The van der Waals surface area contributed by atoms with Crippen LogP contribution >= 0.6 is 11.8 Å². The molecule has 4 rings (SSSR count). The molecule has 1 atom stereocenters. The number of halogens is 1. The molecule has 3 aliphatic heterocycles. The molecule has 1 amide bonds. The molecule has 3 saturated heterocycles. The lowest BCUT2D eigenvalue weighted by atomic mass is 9.82. The lowest BCUT2D eigenvalue weighted by Gasteiger charge is -2.56. The Labute approximate surface area is 155 Å². The molecule has 3 fully saturated rings. The van der Waals surface area contributed by atoms with Gasteiger partial charge in [-0.25, -0.2) is 9.18 Å². The lowest BCUT2D eigenvalue weighted by molar-refractivity contribution is -0.145. The average Bonchev–Trinajstić information content (AvgIpc) is 2.92. The Bertz CT molecular complexity index is 732. The molecule has 0 aromatic heterocycles. The minimum absolute atomic E-state index is 0.0172. The number of ether oxygens (including phenoxy) is 2. The highest BCUT2D eigenvalue weighted by Gasteiger charge is 2.48.